The molecule has 0 unspecified atom stereocenters. The van der Waals surface area contributed by atoms with Gasteiger partial charge < -0.3 is 4.90 Å². The summed E-state index contributed by atoms with van der Waals surface area (Å²) in [7, 11) is 0. The SMILES string of the molecule is c1ccc(-c2ccc(N(c3ccccc3)c3ccc(-c4ccc5c(c4)Sc4ccc6ccccc6c4C54c5ccccc5-c5ccccc54)cc3)cc2)cc1. The first kappa shape index (κ1) is 31.9. The van der Waals surface area contributed by atoms with Gasteiger partial charge in [0.2, 0.25) is 0 Å². The molecule has 1 heterocycles. The van der Waals surface area contributed by atoms with Gasteiger partial charge in [-0.05, 0) is 115 Å². The van der Waals surface area contributed by atoms with E-state index in [1.54, 1.807) is 0 Å². The average molecular weight is 718 g/mol. The Kier molecular flexibility index (Phi) is 7.40. The maximum absolute atomic E-state index is 2.43. The largest absolute Gasteiger partial charge is 0.311 e. The molecule has 9 aromatic rings. The van der Waals surface area contributed by atoms with Crippen LogP contribution in [0.25, 0.3) is 44.2 Å². The predicted molar refractivity (Wildman–Crippen MR) is 231 cm³/mol. The monoisotopic (exact) mass is 717 g/mol. The van der Waals surface area contributed by atoms with Crippen LogP contribution in [-0.4, -0.2) is 0 Å². The molecule has 258 valence electrons. The molecule has 2 aliphatic rings. The third-order valence-electron chi connectivity index (χ3n) is 11.5. The predicted octanol–water partition coefficient (Wildman–Crippen LogP) is 14.5. The summed E-state index contributed by atoms with van der Waals surface area (Å²) in [5, 5.41) is 2.60. The van der Waals surface area contributed by atoms with Crippen LogP contribution in [0.3, 0.4) is 0 Å². The maximum Gasteiger partial charge on any atom is 0.0741 e. The van der Waals surface area contributed by atoms with Crippen molar-refractivity contribution in [1.29, 1.82) is 0 Å². The van der Waals surface area contributed by atoms with E-state index in [9.17, 15) is 0 Å². The van der Waals surface area contributed by atoms with Crippen LogP contribution in [-0.2, 0) is 5.41 Å². The van der Waals surface area contributed by atoms with Crippen molar-refractivity contribution >= 4 is 39.6 Å². The highest BCUT2D eigenvalue weighted by Gasteiger charge is 2.50. The maximum atomic E-state index is 2.43. The number of hydrogen-bond donors (Lipinski definition) is 0. The average Bonchev–Trinajstić information content (AvgIpc) is 3.55. The lowest BCUT2D eigenvalue weighted by atomic mass is 9.66. The van der Waals surface area contributed by atoms with Crippen LogP contribution < -0.4 is 4.90 Å². The minimum atomic E-state index is -0.418. The van der Waals surface area contributed by atoms with Crippen molar-refractivity contribution in [2.75, 3.05) is 4.90 Å². The van der Waals surface area contributed by atoms with Gasteiger partial charge in [-0.3, -0.25) is 0 Å². The number of nitrogens with zero attached hydrogens (tertiary/aromatic N) is 1. The van der Waals surface area contributed by atoms with Crippen LogP contribution in [0.1, 0.15) is 22.3 Å². The third-order valence-corrected chi connectivity index (χ3v) is 12.6. The Morgan fingerprint density at radius 1 is 0.345 bits per heavy atom. The first-order valence-electron chi connectivity index (χ1n) is 18.9. The minimum Gasteiger partial charge on any atom is -0.311 e. The van der Waals surface area contributed by atoms with Gasteiger partial charge >= 0.3 is 0 Å². The second-order valence-electron chi connectivity index (χ2n) is 14.4. The molecule has 9 aromatic carbocycles. The summed E-state index contributed by atoms with van der Waals surface area (Å²) in [6.45, 7) is 0. The summed E-state index contributed by atoms with van der Waals surface area (Å²) in [6.07, 6.45) is 0. The Bertz CT molecular complexity index is 2830. The Balaban J connectivity index is 1.03. The number of fused-ring (bicyclic) bond motifs is 11. The molecule has 1 aliphatic carbocycles. The molecule has 0 fully saturated rings. The first-order valence-corrected chi connectivity index (χ1v) is 19.7. The fourth-order valence-electron chi connectivity index (χ4n) is 9.13. The topological polar surface area (TPSA) is 3.24 Å². The molecule has 1 nitrogen and oxygen atoms in total. The normalized spacial score (nSPS) is 13.2. The third kappa shape index (κ3) is 4.95. The Morgan fingerprint density at radius 3 is 1.53 bits per heavy atom. The summed E-state index contributed by atoms with van der Waals surface area (Å²) < 4.78 is 0. The highest BCUT2D eigenvalue weighted by Crippen LogP contribution is 2.63. The molecular formula is C53H35NS. The fraction of sp³-hybridized carbons (Fsp3) is 0.0189. The lowest BCUT2D eigenvalue weighted by Gasteiger charge is -2.40. The van der Waals surface area contributed by atoms with Crippen molar-refractivity contribution in [3.05, 3.63) is 235 Å². The van der Waals surface area contributed by atoms with Gasteiger partial charge in [0.25, 0.3) is 0 Å². The number of anilines is 3. The van der Waals surface area contributed by atoms with E-state index < -0.39 is 5.41 Å². The molecule has 0 amide bonds. The van der Waals surface area contributed by atoms with Crippen molar-refractivity contribution in [2.24, 2.45) is 0 Å². The molecule has 0 radical (unpaired) electrons. The van der Waals surface area contributed by atoms with E-state index in [0.717, 1.165) is 17.1 Å². The zero-order chi connectivity index (χ0) is 36.3. The minimum absolute atomic E-state index is 0.418. The molecule has 0 saturated heterocycles. The zero-order valence-corrected chi connectivity index (χ0v) is 30.9. The second-order valence-corrected chi connectivity index (χ2v) is 15.5. The lowest BCUT2D eigenvalue weighted by Crippen LogP contribution is -2.32. The Labute approximate surface area is 326 Å². The number of para-hydroxylation sites is 1. The van der Waals surface area contributed by atoms with Gasteiger partial charge in [-0.15, -0.1) is 0 Å². The molecule has 0 atom stereocenters. The van der Waals surface area contributed by atoms with Crippen LogP contribution in [0.5, 0.6) is 0 Å². The highest BCUT2D eigenvalue weighted by atomic mass is 32.2. The molecule has 1 aliphatic heterocycles. The fourth-order valence-corrected chi connectivity index (χ4v) is 10.4. The van der Waals surface area contributed by atoms with Gasteiger partial charge in [0.05, 0.1) is 5.41 Å². The van der Waals surface area contributed by atoms with Crippen molar-refractivity contribution in [3.63, 3.8) is 0 Å². The second kappa shape index (κ2) is 12.8. The van der Waals surface area contributed by atoms with Crippen LogP contribution in [0, 0.1) is 0 Å². The van der Waals surface area contributed by atoms with Crippen LogP contribution in [0.15, 0.2) is 222 Å². The van der Waals surface area contributed by atoms with E-state index >= 15 is 0 Å². The van der Waals surface area contributed by atoms with Crippen molar-refractivity contribution < 1.29 is 0 Å². The van der Waals surface area contributed by atoms with Gasteiger partial charge in [-0.1, -0.05) is 176 Å². The lowest BCUT2D eigenvalue weighted by molar-refractivity contribution is 0.731. The summed E-state index contributed by atoms with van der Waals surface area (Å²) in [5.41, 5.74) is 15.9. The van der Waals surface area contributed by atoms with E-state index in [1.165, 1.54) is 76.2 Å². The van der Waals surface area contributed by atoms with E-state index in [2.05, 4.69) is 217 Å². The van der Waals surface area contributed by atoms with Gasteiger partial charge in [-0.2, -0.15) is 0 Å². The van der Waals surface area contributed by atoms with Gasteiger partial charge in [-0.25, -0.2) is 0 Å². The smallest absolute Gasteiger partial charge is 0.0741 e. The summed E-state index contributed by atoms with van der Waals surface area (Å²) >= 11 is 1.91. The Hall–Kier alpha value is -6.61. The molecule has 55 heavy (non-hydrogen) atoms. The molecule has 11 rings (SSSR count). The number of hydrogen-bond acceptors (Lipinski definition) is 2. The summed E-state index contributed by atoms with van der Waals surface area (Å²) in [4.78, 5) is 4.96. The number of rotatable bonds is 5. The van der Waals surface area contributed by atoms with Crippen LogP contribution in [0.4, 0.5) is 17.1 Å². The summed E-state index contributed by atoms with van der Waals surface area (Å²) in [6, 6.07) is 78.0. The molecule has 1 spiro atoms. The standard InChI is InChI=1S/C53H35NS/c1-3-13-36(14-4-1)37-23-29-42(30-24-37)54(41-16-5-2-6-17-41)43-31-25-38(26-32-43)40-27-33-49-51(35-40)55-50-34-28-39-15-7-8-18-44(39)52(50)53(49)47-21-11-9-19-45(47)46-20-10-12-22-48(46)53/h1-35H. The van der Waals surface area contributed by atoms with Crippen molar-refractivity contribution in [1.82, 2.24) is 0 Å². The van der Waals surface area contributed by atoms with E-state index in [0.29, 0.717) is 0 Å². The van der Waals surface area contributed by atoms with E-state index in [1.807, 2.05) is 11.8 Å². The molecule has 0 saturated carbocycles. The summed E-state index contributed by atoms with van der Waals surface area (Å²) in [5.74, 6) is 0. The molecular weight excluding hydrogens is 683 g/mol. The Morgan fingerprint density at radius 2 is 0.855 bits per heavy atom. The van der Waals surface area contributed by atoms with E-state index in [4.69, 9.17) is 0 Å². The number of benzene rings is 9. The van der Waals surface area contributed by atoms with Crippen LogP contribution >= 0.6 is 11.8 Å². The molecule has 0 N–H and O–H groups in total. The van der Waals surface area contributed by atoms with Crippen molar-refractivity contribution in [3.8, 4) is 33.4 Å². The molecule has 0 aromatic heterocycles. The van der Waals surface area contributed by atoms with Crippen LogP contribution in [0.2, 0.25) is 0 Å². The molecule has 2 heteroatoms. The quantitative estimate of drug-likeness (QED) is 0.174. The van der Waals surface area contributed by atoms with E-state index in [-0.39, 0.29) is 0 Å². The highest BCUT2D eigenvalue weighted by molar-refractivity contribution is 7.99. The van der Waals surface area contributed by atoms with Gasteiger partial charge in [0.15, 0.2) is 0 Å². The molecule has 0 bridgehead atoms. The van der Waals surface area contributed by atoms with Gasteiger partial charge in [0.1, 0.15) is 0 Å². The van der Waals surface area contributed by atoms with Gasteiger partial charge in [0, 0.05) is 26.9 Å². The van der Waals surface area contributed by atoms with Crippen molar-refractivity contribution in [2.45, 2.75) is 15.2 Å². The first-order chi connectivity index (χ1) is 27.3. The zero-order valence-electron chi connectivity index (χ0n) is 30.1.